The van der Waals surface area contributed by atoms with E-state index in [1.165, 1.54) is 0 Å². The summed E-state index contributed by atoms with van der Waals surface area (Å²) < 4.78 is 1.12. The van der Waals surface area contributed by atoms with Gasteiger partial charge < -0.3 is 5.73 Å². The van der Waals surface area contributed by atoms with Gasteiger partial charge in [0.1, 0.15) is 5.01 Å². The molecule has 0 spiro atoms. The zero-order chi connectivity index (χ0) is 13.2. The van der Waals surface area contributed by atoms with Crippen LogP contribution in [0.4, 0.5) is 0 Å². The number of benzene rings is 2. The van der Waals surface area contributed by atoms with E-state index in [1.54, 1.807) is 17.4 Å². The van der Waals surface area contributed by atoms with Crippen molar-refractivity contribution in [2.24, 2.45) is 5.73 Å². The molecule has 0 aliphatic rings. The Kier molecular flexibility index (Phi) is 3.11. The maximum atomic E-state index is 11.9. The van der Waals surface area contributed by atoms with Gasteiger partial charge in [0.15, 0.2) is 5.78 Å². The fraction of sp³-hybridized carbons (Fsp3) is 0.0667. The van der Waals surface area contributed by atoms with Crippen molar-refractivity contribution in [2.75, 3.05) is 6.54 Å². The van der Waals surface area contributed by atoms with Crippen molar-refractivity contribution in [3.05, 3.63) is 54.1 Å². The second-order valence-electron chi connectivity index (χ2n) is 4.16. The molecule has 0 amide bonds. The molecule has 19 heavy (non-hydrogen) atoms. The largest absolute Gasteiger partial charge is 0.324 e. The van der Waals surface area contributed by atoms with Crippen molar-refractivity contribution < 1.29 is 4.79 Å². The van der Waals surface area contributed by atoms with E-state index >= 15 is 0 Å². The van der Waals surface area contributed by atoms with Crippen molar-refractivity contribution in [2.45, 2.75) is 0 Å². The number of ketones is 1. The molecule has 0 aliphatic carbocycles. The predicted molar refractivity (Wildman–Crippen MR) is 78.4 cm³/mol. The lowest BCUT2D eigenvalue weighted by Crippen LogP contribution is -2.14. The molecule has 0 saturated heterocycles. The molecule has 0 unspecified atom stereocenters. The van der Waals surface area contributed by atoms with Crippen molar-refractivity contribution in [3.8, 4) is 10.6 Å². The maximum Gasteiger partial charge on any atom is 0.177 e. The van der Waals surface area contributed by atoms with E-state index in [0.29, 0.717) is 5.56 Å². The molecule has 3 nitrogen and oxygen atoms in total. The van der Waals surface area contributed by atoms with Gasteiger partial charge in [0.2, 0.25) is 0 Å². The first kappa shape index (κ1) is 12.0. The molecule has 1 aromatic heterocycles. The molecule has 0 aliphatic heterocycles. The second kappa shape index (κ2) is 4.91. The number of carbonyl (C=O) groups is 1. The van der Waals surface area contributed by atoms with Gasteiger partial charge in [0.05, 0.1) is 16.8 Å². The van der Waals surface area contributed by atoms with Crippen LogP contribution in [0.25, 0.3) is 20.8 Å². The Labute approximate surface area is 114 Å². The average Bonchev–Trinajstić information content (AvgIpc) is 2.90. The lowest BCUT2D eigenvalue weighted by Gasteiger charge is -2.04. The molecule has 3 aromatic rings. The Hall–Kier alpha value is -2.04. The number of hydrogen-bond donors (Lipinski definition) is 1. The first-order valence-corrected chi connectivity index (χ1v) is 6.79. The highest BCUT2D eigenvalue weighted by Crippen LogP contribution is 2.32. The normalized spacial score (nSPS) is 10.8. The van der Waals surface area contributed by atoms with Crippen LogP contribution in [0, 0.1) is 0 Å². The van der Waals surface area contributed by atoms with E-state index in [0.717, 1.165) is 20.8 Å². The zero-order valence-electron chi connectivity index (χ0n) is 10.2. The molecule has 0 radical (unpaired) electrons. The summed E-state index contributed by atoms with van der Waals surface area (Å²) in [5.41, 5.74) is 7.92. The first-order valence-electron chi connectivity index (χ1n) is 5.98. The SMILES string of the molecule is NCC(=O)c1ccccc1-c1nc2ccccc2s1. The Morgan fingerprint density at radius 1 is 1.11 bits per heavy atom. The van der Waals surface area contributed by atoms with Gasteiger partial charge in [0, 0.05) is 11.1 Å². The molecule has 2 N–H and O–H groups in total. The van der Waals surface area contributed by atoms with Gasteiger partial charge in [-0.25, -0.2) is 4.98 Å². The Balaban J connectivity index is 2.18. The Morgan fingerprint density at radius 2 is 1.84 bits per heavy atom. The van der Waals surface area contributed by atoms with Crippen LogP contribution in [-0.4, -0.2) is 17.3 Å². The summed E-state index contributed by atoms with van der Waals surface area (Å²) in [6, 6.07) is 15.4. The fourth-order valence-electron chi connectivity index (χ4n) is 2.01. The first-order chi connectivity index (χ1) is 9.29. The van der Waals surface area contributed by atoms with Gasteiger partial charge in [0.25, 0.3) is 0 Å². The third-order valence-corrected chi connectivity index (χ3v) is 4.01. The number of hydrogen-bond acceptors (Lipinski definition) is 4. The van der Waals surface area contributed by atoms with E-state index in [-0.39, 0.29) is 12.3 Å². The average molecular weight is 268 g/mol. The summed E-state index contributed by atoms with van der Waals surface area (Å²) in [7, 11) is 0. The molecule has 2 aromatic carbocycles. The van der Waals surface area contributed by atoms with Crippen molar-refractivity contribution in [1.82, 2.24) is 4.98 Å². The Morgan fingerprint density at radius 3 is 2.63 bits per heavy atom. The minimum absolute atomic E-state index is 0.0158. The van der Waals surface area contributed by atoms with Gasteiger partial charge >= 0.3 is 0 Å². The summed E-state index contributed by atoms with van der Waals surface area (Å²) in [6.45, 7) is 0.0158. The van der Waals surface area contributed by atoms with Crippen molar-refractivity contribution in [1.29, 1.82) is 0 Å². The maximum absolute atomic E-state index is 11.9. The number of thiazole rings is 1. The summed E-state index contributed by atoms with van der Waals surface area (Å²) in [4.78, 5) is 16.5. The molecule has 1 heterocycles. The number of aromatic nitrogens is 1. The molecule has 0 atom stereocenters. The van der Waals surface area contributed by atoms with Gasteiger partial charge in [-0.15, -0.1) is 11.3 Å². The number of para-hydroxylation sites is 1. The number of fused-ring (bicyclic) bond motifs is 1. The van der Waals surface area contributed by atoms with Crippen LogP contribution in [0.3, 0.4) is 0 Å². The van der Waals surface area contributed by atoms with Crippen LogP contribution in [0.2, 0.25) is 0 Å². The van der Waals surface area contributed by atoms with E-state index in [4.69, 9.17) is 5.73 Å². The minimum atomic E-state index is -0.0603. The highest BCUT2D eigenvalue weighted by atomic mass is 32.1. The number of Topliss-reactive ketones (excluding diaryl/α,β-unsaturated/α-hetero) is 1. The summed E-state index contributed by atoms with van der Waals surface area (Å²) in [5, 5.41) is 0.860. The van der Waals surface area contributed by atoms with Crippen LogP contribution in [-0.2, 0) is 0 Å². The minimum Gasteiger partial charge on any atom is -0.324 e. The molecular weight excluding hydrogens is 256 g/mol. The number of rotatable bonds is 3. The quantitative estimate of drug-likeness (QED) is 0.743. The lowest BCUT2D eigenvalue weighted by atomic mass is 10.0. The Bertz CT molecular complexity index is 715. The highest BCUT2D eigenvalue weighted by Gasteiger charge is 2.14. The third kappa shape index (κ3) is 2.16. The van der Waals surface area contributed by atoms with Gasteiger partial charge in [-0.3, -0.25) is 4.79 Å². The van der Waals surface area contributed by atoms with Crippen LogP contribution in [0.5, 0.6) is 0 Å². The van der Waals surface area contributed by atoms with Gasteiger partial charge in [-0.05, 0) is 12.1 Å². The van der Waals surface area contributed by atoms with Gasteiger partial charge in [-0.2, -0.15) is 0 Å². The molecule has 3 rings (SSSR count). The monoisotopic (exact) mass is 268 g/mol. The number of carbonyl (C=O) groups excluding carboxylic acids is 1. The van der Waals surface area contributed by atoms with Crippen LogP contribution < -0.4 is 5.73 Å². The van der Waals surface area contributed by atoms with E-state index in [1.807, 2.05) is 42.5 Å². The topological polar surface area (TPSA) is 56.0 Å². The fourth-order valence-corrected chi connectivity index (χ4v) is 3.02. The lowest BCUT2D eigenvalue weighted by molar-refractivity contribution is 0.100. The summed E-state index contributed by atoms with van der Waals surface area (Å²) in [5.74, 6) is -0.0603. The van der Waals surface area contributed by atoms with E-state index in [9.17, 15) is 4.79 Å². The molecule has 0 fully saturated rings. The van der Waals surface area contributed by atoms with Crippen molar-refractivity contribution >= 4 is 27.3 Å². The van der Waals surface area contributed by atoms with Crippen LogP contribution in [0.15, 0.2) is 48.5 Å². The molecule has 4 heteroatoms. The second-order valence-corrected chi connectivity index (χ2v) is 5.19. The van der Waals surface area contributed by atoms with Crippen LogP contribution >= 0.6 is 11.3 Å². The van der Waals surface area contributed by atoms with Crippen LogP contribution in [0.1, 0.15) is 10.4 Å². The standard InChI is InChI=1S/C15H12N2OS/c16-9-13(18)10-5-1-2-6-11(10)15-17-12-7-3-4-8-14(12)19-15/h1-8H,9,16H2. The van der Waals surface area contributed by atoms with E-state index < -0.39 is 0 Å². The predicted octanol–water partition coefficient (Wildman–Crippen LogP) is 3.10. The molecule has 0 saturated carbocycles. The molecule has 0 bridgehead atoms. The summed E-state index contributed by atoms with van der Waals surface area (Å²) >= 11 is 1.59. The molecule has 94 valence electrons. The number of nitrogens with two attached hydrogens (primary N) is 1. The van der Waals surface area contributed by atoms with Gasteiger partial charge in [-0.1, -0.05) is 36.4 Å². The third-order valence-electron chi connectivity index (χ3n) is 2.94. The van der Waals surface area contributed by atoms with E-state index in [2.05, 4.69) is 4.98 Å². The number of nitrogens with zero attached hydrogens (tertiary/aromatic N) is 1. The highest BCUT2D eigenvalue weighted by molar-refractivity contribution is 7.21. The summed E-state index contributed by atoms with van der Waals surface area (Å²) in [6.07, 6.45) is 0. The smallest absolute Gasteiger partial charge is 0.177 e. The van der Waals surface area contributed by atoms with Crippen molar-refractivity contribution in [3.63, 3.8) is 0 Å². The zero-order valence-corrected chi connectivity index (χ0v) is 11.0. The molecular formula is C15H12N2OS.